The topological polar surface area (TPSA) is 49.6 Å². The number of benzene rings is 1. The zero-order valence-electron chi connectivity index (χ0n) is 10.3. The SMILES string of the molecule is Oc1c(Cl)cc(NCc2cn3ccccc3n2)cc1Cl. The fraction of sp³-hybridized carbons (Fsp3) is 0.0714. The second-order valence-corrected chi connectivity index (χ2v) is 5.15. The number of nitrogens with zero attached hydrogens (tertiary/aromatic N) is 2. The average Bonchev–Trinajstić information content (AvgIpc) is 2.85. The number of aromatic hydroxyl groups is 1. The van der Waals surface area contributed by atoms with Crippen LogP contribution in [-0.4, -0.2) is 14.5 Å². The second-order valence-electron chi connectivity index (χ2n) is 4.34. The molecule has 0 saturated carbocycles. The molecule has 3 rings (SSSR count). The van der Waals surface area contributed by atoms with E-state index >= 15 is 0 Å². The molecule has 4 nitrogen and oxygen atoms in total. The first-order valence-electron chi connectivity index (χ1n) is 5.98. The number of anilines is 1. The van der Waals surface area contributed by atoms with Gasteiger partial charge in [0.25, 0.3) is 0 Å². The Morgan fingerprint density at radius 1 is 1.20 bits per heavy atom. The second kappa shape index (κ2) is 5.23. The number of phenolic OH excluding ortho intramolecular Hbond substituents is 1. The van der Waals surface area contributed by atoms with Crippen molar-refractivity contribution < 1.29 is 5.11 Å². The predicted octanol–water partition coefficient (Wildman–Crippen LogP) is 3.96. The molecule has 2 N–H and O–H groups in total. The van der Waals surface area contributed by atoms with E-state index in [1.165, 1.54) is 0 Å². The molecule has 0 amide bonds. The molecular formula is C14H11Cl2N3O. The van der Waals surface area contributed by atoms with Gasteiger partial charge >= 0.3 is 0 Å². The van der Waals surface area contributed by atoms with Crippen LogP contribution in [0.2, 0.25) is 10.0 Å². The van der Waals surface area contributed by atoms with Crippen LogP contribution in [0.4, 0.5) is 5.69 Å². The van der Waals surface area contributed by atoms with E-state index in [1.807, 2.05) is 35.0 Å². The van der Waals surface area contributed by atoms with Gasteiger partial charge in [-0.2, -0.15) is 0 Å². The maximum absolute atomic E-state index is 9.50. The zero-order valence-corrected chi connectivity index (χ0v) is 11.9. The third-order valence-corrected chi connectivity index (χ3v) is 3.48. The third-order valence-electron chi connectivity index (χ3n) is 2.90. The van der Waals surface area contributed by atoms with Crippen LogP contribution in [0.3, 0.4) is 0 Å². The van der Waals surface area contributed by atoms with Gasteiger partial charge in [0.1, 0.15) is 5.65 Å². The standard InChI is InChI=1S/C14H11Cl2N3O/c15-11-5-9(6-12(16)14(11)20)17-7-10-8-19-4-2-1-3-13(19)18-10/h1-6,8,17,20H,7H2. The Labute approximate surface area is 125 Å². The number of nitrogens with one attached hydrogen (secondary N) is 1. The monoisotopic (exact) mass is 307 g/mol. The summed E-state index contributed by atoms with van der Waals surface area (Å²) < 4.78 is 1.95. The Morgan fingerprint density at radius 3 is 2.65 bits per heavy atom. The molecule has 1 aromatic carbocycles. The van der Waals surface area contributed by atoms with Crippen molar-refractivity contribution in [3.63, 3.8) is 0 Å². The third kappa shape index (κ3) is 2.53. The molecule has 0 bridgehead atoms. The fourth-order valence-corrected chi connectivity index (χ4v) is 2.42. The smallest absolute Gasteiger partial charge is 0.152 e. The molecule has 20 heavy (non-hydrogen) atoms. The lowest BCUT2D eigenvalue weighted by atomic mass is 10.3. The molecule has 3 aromatic rings. The van der Waals surface area contributed by atoms with Crippen LogP contribution >= 0.6 is 23.2 Å². The van der Waals surface area contributed by atoms with Crippen molar-refractivity contribution in [3.8, 4) is 5.75 Å². The molecule has 0 aliphatic rings. The highest BCUT2D eigenvalue weighted by molar-refractivity contribution is 6.37. The lowest BCUT2D eigenvalue weighted by Crippen LogP contribution is -1.99. The summed E-state index contributed by atoms with van der Waals surface area (Å²) in [5, 5.41) is 13.1. The summed E-state index contributed by atoms with van der Waals surface area (Å²) in [6.07, 6.45) is 3.89. The largest absolute Gasteiger partial charge is 0.505 e. The minimum Gasteiger partial charge on any atom is -0.505 e. The molecule has 0 aliphatic carbocycles. The van der Waals surface area contributed by atoms with E-state index < -0.39 is 0 Å². The van der Waals surface area contributed by atoms with Gasteiger partial charge in [0.15, 0.2) is 5.75 Å². The molecule has 6 heteroatoms. The maximum Gasteiger partial charge on any atom is 0.152 e. The summed E-state index contributed by atoms with van der Waals surface area (Å²) in [6.45, 7) is 0.541. The molecule has 0 radical (unpaired) electrons. The van der Waals surface area contributed by atoms with Crippen molar-refractivity contribution >= 4 is 34.5 Å². The van der Waals surface area contributed by atoms with Gasteiger partial charge in [-0.05, 0) is 24.3 Å². The lowest BCUT2D eigenvalue weighted by molar-refractivity contribution is 0.476. The van der Waals surface area contributed by atoms with Crippen LogP contribution in [0, 0.1) is 0 Å². The number of aromatic nitrogens is 2. The minimum absolute atomic E-state index is 0.105. The number of hydrogen-bond acceptors (Lipinski definition) is 3. The van der Waals surface area contributed by atoms with Crippen molar-refractivity contribution in [2.24, 2.45) is 0 Å². The number of rotatable bonds is 3. The van der Waals surface area contributed by atoms with Crippen LogP contribution in [0.5, 0.6) is 5.75 Å². The first-order valence-corrected chi connectivity index (χ1v) is 6.73. The molecule has 2 aromatic heterocycles. The van der Waals surface area contributed by atoms with Gasteiger partial charge in [0, 0.05) is 18.1 Å². The summed E-state index contributed by atoms with van der Waals surface area (Å²) in [4.78, 5) is 4.48. The van der Waals surface area contributed by atoms with E-state index in [4.69, 9.17) is 23.2 Å². The molecule has 102 valence electrons. The van der Waals surface area contributed by atoms with Crippen LogP contribution in [-0.2, 0) is 6.54 Å². The molecule has 0 spiro atoms. The van der Waals surface area contributed by atoms with Gasteiger partial charge in [-0.3, -0.25) is 0 Å². The van der Waals surface area contributed by atoms with E-state index in [0.717, 1.165) is 17.0 Å². The molecule has 2 heterocycles. The number of imidazole rings is 1. The molecular weight excluding hydrogens is 297 g/mol. The summed E-state index contributed by atoms with van der Waals surface area (Å²) >= 11 is 11.7. The Morgan fingerprint density at radius 2 is 1.95 bits per heavy atom. The van der Waals surface area contributed by atoms with E-state index in [1.54, 1.807) is 12.1 Å². The summed E-state index contributed by atoms with van der Waals surface area (Å²) in [5.74, 6) is -0.105. The van der Waals surface area contributed by atoms with Crippen LogP contribution in [0.1, 0.15) is 5.69 Å². The van der Waals surface area contributed by atoms with Gasteiger partial charge in [0.2, 0.25) is 0 Å². The van der Waals surface area contributed by atoms with Gasteiger partial charge in [-0.1, -0.05) is 29.3 Å². The molecule has 0 saturated heterocycles. The first-order chi connectivity index (χ1) is 9.63. The Bertz CT molecular complexity index is 714. The van der Waals surface area contributed by atoms with E-state index in [9.17, 15) is 5.11 Å². The number of phenols is 1. The van der Waals surface area contributed by atoms with Crippen molar-refractivity contribution in [3.05, 3.63) is 58.5 Å². The average molecular weight is 308 g/mol. The molecule has 0 aliphatic heterocycles. The Balaban J connectivity index is 1.79. The van der Waals surface area contributed by atoms with E-state index in [-0.39, 0.29) is 15.8 Å². The highest BCUT2D eigenvalue weighted by Gasteiger charge is 2.07. The van der Waals surface area contributed by atoms with E-state index in [0.29, 0.717) is 6.54 Å². The maximum atomic E-state index is 9.50. The van der Waals surface area contributed by atoms with Gasteiger partial charge in [-0.15, -0.1) is 0 Å². The van der Waals surface area contributed by atoms with Crippen LogP contribution < -0.4 is 5.32 Å². The molecule has 0 atom stereocenters. The first kappa shape index (κ1) is 13.1. The zero-order chi connectivity index (χ0) is 14.1. The Kier molecular flexibility index (Phi) is 3.42. The minimum atomic E-state index is -0.105. The number of pyridine rings is 1. The van der Waals surface area contributed by atoms with Crippen molar-refractivity contribution in [2.75, 3.05) is 5.32 Å². The summed E-state index contributed by atoms with van der Waals surface area (Å²) in [5.41, 5.74) is 2.53. The Hall–Kier alpha value is -1.91. The molecule has 0 fully saturated rings. The van der Waals surface area contributed by atoms with Crippen molar-refractivity contribution in [2.45, 2.75) is 6.54 Å². The van der Waals surface area contributed by atoms with Crippen molar-refractivity contribution in [1.82, 2.24) is 9.38 Å². The normalized spacial score (nSPS) is 10.9. The highest BCUT2D eigenvalue weighted by atomic mass is 35.5. The number of fused-ring (bicyclic) bond motifs is 1. The lowest BCUT2D eigenvalue weighted by Gasteiger charge is -2.07. The highest BCUT2D eigenvalue weighted by Crippen LogP contribution is 2.34. The number of hydrogen-bond donors (Lipinski definition) is 2. The van der Waals surface area contributed by atoms with Crippen LogP contribution in [0.15, 0.2) is 42.7 Å². The van der Waals surface area contributed by atoms with Crippen molar-refractivity contribution in [1.29, 1.82) is 0 Å². The predicted molar refractivity (Wildman–Crippen MR) is 80.6 cm³/mol. The van der Waals surface area contributed by atoms with Gasteiger partial charge in [-0.25, -0.2) is 4.98 Å². The van der Waals surface area contributed by atoms with Gasteiger partial charge < -0.3 is 14.8 Å². The quantitative estimate of drug-likeness (QED) is 0.720. The fourth-order valence-electron chi connectivity index (χ4n) is 1.93. The van der Waals surface area contributed by atoms with Crippen LogP contribution in [0.25, 0.3) is 5.65 Å². The molecule has 0 unspecified atom stereocenters. The number of halogens is 2. The van der Waals surface area contributed by atoms with Gasteiger partial charge in [0.05, 0.1) is 22.3 Å². The van der Waals surface area contributed by atoms with E-state index in [2.05, 4.69) is 10.3 Å². The summed E-state index contributed by atoms with van der Waals surface area (Å²) in [6, 6.07) is 9.08. The summed E-state index contributed by atoms with van der Waals surface area (Å²) in [7, 11) is 0.